The van der Waals surface area contributed by atoms with Gasteiger partial charge in [0.15, 0.2) is 0 Å². The zero-order valence-corrected chi connectivity index (χ0v) is 7.91. The Bertz CT molecular complexity index is 474. The lowest BCUT2D eigenvalue weighted by Gasteiger charge is -2.13. The second-order valence-corrected chi connectivity index (χ2v) is 3.35. The molecule has 0 unspecified atom stereocenters. The Morgan fingerprint density at radius 2 is 1.57 bits per heavy atom. The molecule has 1 aliphatic rings. The lowest BCUT2D eigenvalue weighted by atomic mass is 9.94. The number of allylic oxidation sites excluding steroid dienone is 1. The van der Waals surface area contributed by atoms with Crippen molar-refractivity contribution in [3.63, 3.8) is 0 Å². The highest BCUT2D eigenvalue weighted by Crippen LogP contribution is 2.28. The predicted octanol–water partition coefficient (Wildman–Crippen LogP) is 1.61. The molecule has 0 spiro atoms. The molecule has 70 valence electrons. The fourth-order valence-corrected chi connectivity index (χ4v) is 1.57. The first-order valence-electron chi connectivity index (χ1n) is 3.93. The van der Waals surface area contributed by atoms with Gasteiger partial charge in [0, 0.05) is 11.1 Å². The first kappa shape index (κ1) is 9.02. The average Bonchev–Trinajstić information content (AvgIpc) is 2.23. The summed E-state index contributed by atoms with van der Waals surface area (Å²) in [5.74, 6) is -1.61. The van der Waals surface area contributed by atoms with E-state index < -0.39 is 11.6 Å². The normalized spacial score (nSPS) is 15.8. The van der Waals surface area contributed by atoms with Gasteiger partial charge in [-0.15, -0.1) is 12.6 Å². The van der Waals surface area contributed by atoms with Crippen LogP contribution in [0, 0.1) is 0 Å². The molecule has 3 nitrogen and oxygen atoms in total. The monoisotopic (exact) mass is 206 g/mol. The number of aliphatic hydroxyl groups excluding tert-OH is 1. The van der Waals surface area contributed by atoms with Gasteiger partial charge in [-0.1, -0.05) is 24.3 Å². The minimum Gasteiger partial charge on any atom is -0.506 e. The molecule has 4 heteroatoms. The highest BCUT2D eigenvalue weighted by atomic mass is 32.1. The van der Waals surface area contributed by atoms with E-state index in [1.165, 1.54) is 6.07 Å². The molecule has 14 heavy (non-hydrogen) atoms. The van der Waals surface area contributed by atoms with E-state index in [9.17, 15) is 14.7 Å². The Kier molecular flexibility index (Phi) is 1.93. The molecule has 0 amide bonds. The van der Waals surface area contributed by atoms with Crippen molar-refractivity contribution in [2.24, 2.45) is 0 Å². The van der Waals surface area contributed by atoms with Crippen LogP contribution in [0.2, 0.25) is 0 Å². The number of rotatable bonds is 0. The Morgan fingerprint density at radius 1 is 1.00 bits per heavy atom. The summed E-state index contributed by atoms with van der Waals surface area (Å²) in [6.07, 6.45) is 0. The smallest absolute Gasteiger partial charge is 0.243 e. The standard InChI is InChI=1S/C10H6O3S/c11-7-5-3-1-2-4-6(5)8(12)10(14)9(7)13/h1-4,12,14H. The SMILES string of the molecule is O=C1C(=O)c2ccccc2C(O)=C1S. The van der Waals surface area contributed by atoms with Crippen molar-refractivity contribution in [3.8, 4) is 0 Å². The van der Waals surface area contributed by atoms with Crippen LogP contribution >= 0.6 is 12.6 Å². The van der Waals surface area contributed by atoms with E-state index >= 15 is 0 Å². The molecule has 0 fully saturated rings. The average molecular weight is 206 g/mol. The molecule has 0 radical (unpaired) electrons. The third-order valence-electron chi connectivity index (χ3n) is 2.07. The number of thiol groups is 1. The van der Waals surface area contributed by atoms with Crippen molar-refractivity contribution in [3.05, 3.63) is 40.3 Å². The molecule has 2 rings (SSSR count). The topological polar surface area (TPSA) is 54.4 Å². The highest BCUT2D eigenvalue weighted by molar-refractivity contribution is 7.86. The zero-order valence-electron chi connectivity index (χ0n) is 7.02. The van der Waals surface area contributed by atoms with Gasteiger partial charge >= 0.3 is 0 Å². The molecule has 0 heterocycles. The van der Waals surface area contributed by atoms with Crippen LogP contribution in [0.4, 0.5) is 0 Å². The number of carbonyl (C=O) groups is 2. The summed E-state index contributed by atoms with van der Waals surface area (Å²) in [5, 5.41) is 9.55. The summed E-state index contributed by atoms with van der Waals surface area (Å²) in [5.41, 5.74) is 0.593. The van der Waals surface area contributed by atoms with Crippen LogP contribution < -0.4 is 0 Å². The molecule has 0 atom stereocenters. The van der Waals surface area contributed by atoms with Crippen molar-refractivity contribution in [2.45, 2.75) is 0 Å². The number of Topliss-reactive ketones (excluding diaryl/α,β-unsaturated/α-hetero) is 2. The molecule has 0 aromatic heterocycles. The van der Waals surface area contributed by atoms with Crippen molar-refractivity contribution in [1.82, 2.24) is 0 Å². The molecule has 0 bridgehead atoms. The Balaban J connectivity index is 2.78. The summed E-state index contributed by atoms with van der Waals surface area (Å²) in [6.45, 7) is 0. The minimum atomic E-state index is -0.760. The first-order valence-corrected chi connectivity index (χ1v) is 4.38. The fourth-order valence-electron chi connectivity index (χ4n) is 1.35. The van der Waals surface area contributed by atoms with Crippen molar-refractivity contribution >= 4 is 30.0 Å². The second-order valence-electron chi connectivity index (χ2n) is 2.90. The first-order chi connectivity index (χ1) is 6.63. The summed E-state index contributed by atoms with van der Waals surface area (Å²) < 4.78 is 0. The van der Waals surface area contributed by atoms with Crippen LogP contribution in [0.15, 0.2) is 29.2 Å². The number of fused-ring (bicyclic) bond motifs is 1. The number of carbonyl (C=O) groups excluding carboxylic acids is 2. The minimum absolute atomic E-state index is 0.186. The van der Waals surface area contributed by atoms with E-state index in [4.69, 9.17) is 0 Å². The molecule has 0 saturated carbocycles. The van der Waals surface area contributed by atoms with Gasteiger partial charge in [-0.2, -0.15) is 0 Å². The lowest BCUT2D eigenvalue weighted by Crippen LogP contribution is -2.21. The van der Waals surface area contributed by atoms with Crippen molar-refractivity contribution in [2.75, 3.05) is 0 Å². The number of ketones is 2. The van der Waals surface area contributed by atoms with Gasteiger partial charge in [-0.3, -0.25) is 9.59 Å². The summed E-state index contributed by atoms with van der Waals surface area (Å²) in [4.78, 5) is 22.5. The van der Waals surface area contributed by atoms with Crippen LogP contribution in [0.1, 0.15) is 15.9 Å². The third kappa shape index (κ3) is 1.08. The van der Waals surface area contributed by atoms with Crippen LogP contribution in [0.25, 0.3) is 5.76 Å². The molecule has 0 saturated heterocycles. The summed E-state index contributed by atoms with van der Waals surface area (Å²) in [7, 11) is 0. The van der Waals surface area contributed by atoms with E-state index in [0.717, 1.165) is 0 Å². The molecule has 1 aromatic rings. The Morgan fingerprint density at radius 3 is 2.21 bits per heavy atom. The number of benzene rings is 1. The zero-order chi connectivity index (χ0) is 10.3. The van der Waals surface area contributed by atoms with E-state index in [1.807, 2.05) is 0 Å². The number of hydrogen-bond acceptors (Lipinski definition) is 4. The van der Waals surface area contributed by atoms with Crippen LogP contribution in [0.5, 0.6) is 0 Å². The lowest BCUT2D eigenvalue weighted by molar-refractivity contribution is -0.111. The largest absolute Gasteiger partial charge is 0.506 e. The second kappa shape index (κ2) is 2.99. The van der Waals surface area contributed by atoms with Gasteiger partial charge in [0.05, 0.1) is 4.91 Å². The maximum Gasteiger partial charge on any atom is 0.243 e. The van der Waals surface area contributed by atoms with Crippen LogP contribution in [0.3, 0.4) is 0 Å². The van der Waals surface area contributed by atoms with Gasteiger partial charge < -0.3 is 5.11 Å². The van der Waals surface area contributed by atoms with Crippen LogP contribution in [-0.4, -0.2) is 16.7 Å². The van der Waals surface area contributed by atoms with E-state index in [0.29, 0.717) is 5.56 Å². The highest BCUT2D eigenvalue weighted by Gasteiger charge is 2.30. The van der Waals surface area contributed by atoms with E-state index in [-0.39, 0.29) is 16.2 Å². The van der Waals surface area contributed by atoms with E-state index in [2.05, 4.69) is 12.6 Å². The quantitative estimate of drug-likeness (QED) is 0.501. The van der Waals surface area contributed by atoms with Gasteiger partial charge in [-0.25, -0.2) is 0 Å². The third-order valence-corrected chi connectivity index (χ3v) is 2.49. The maximum absolute atomic E-state index is 11.4. The predicted molar refractivity (Wildman–Crippen MR) is 54.3 cm³/mol. The molecule has 1 aliphatic carbocycles. The number of hydrogen-bond donors (Lipinski definition) is 2. The summed E-state index contributed by atoms with van der Waals surface area (Å²) in [6, 6.07) is 6.40. The molecular weight excluding hydrogens is 200 g/mol. The van der Waals surface area contributed by atoms with E-state index in [1.54, 1.807) is 18.2 Å². The van der Waals surface area contributed by atoms with Gasteiger partial charge in [0.25, 0.3) is 0 Å². The van der Waals surface area contributed by atoms with Gasteiger partial charge in [0.1, 0.15) is 5.76 Å². The molecule has 1 aromatic carbocycles. The van der Waals surface area contributed by atoms with Gasteiger partial charge in [0.2, 0.25) is 11.6 Å². The molecular formula is C10H6O3S. The van der Waals surface area contributed by atoms with Gasteiger partial charge in [-0.05, 0) is 0 Å². The maximum atomic E-state index is 11.4. The fraction of sp³-hybridized carbons (Fsp3) is 0. The summed E-state index contributed by atoms with van der Waals surface area (Å²) >= 11 is 3.79. The Labute approximate surface area is 85.5 Å². The molecule has 0 aliphatic heterocycles. The van der Waals surface area contributed by atoms with Crippen molar-refractivity contribution < 1.29 is 14.7 Å². The number of aliphatic hydroxyl groups is 1. The Hall–Kier alpha value is -1.55. The van der Waals surface area contributed by atoms with Crippen molar-refractivity contribution in [1.29, 1.82) is 0 Å². The molecule has 1 N–H and O–H groups in total. The van der Waals surface area contributed by atoms with Crippen LogP contribution in [-0.2, 0) is 4.79 Å².